The fourth-order valence-corrected chi connectivity index (χ4v) is 3.04. The van der Waals surface area contributed by atoms with Crippen LogP contribution in [0.15, 0.2) is 12.7 Å². The van der Waals surface area contributed by atoms with Gasteiger partial charge in [-0.05, 0) is 0 Å². The van der Waals surface area contributed by atoms with Crippen molar-refractivity contribution in [3.63, 3.8) is 0 Å². The number of hydrogen-bond acceptors (Lipinski definition) is 9. The van der Waals surface area contributed by atoms with Gasteiger partial charge in [-0.25, -0.2) is 15.0 Å². The van der Waals surface area contributed by atoms with Crippen LogP contribution in [0.4, 0.5) is 0 Å². The molecule has 140 valence electrons. The Kier molecular flexibility index (Phi) is 5.35. The van der Waals surface area contributed by atoms with Crippen molar-refractivity contribution < 1.29 is 28.5 Å². The average Bonchev–Trinajstić information content (AvgIpc) is 3.14. The van der Waals surface area contributed by atoms with Gasteiger partial charge in [0, 0.05) is 21.0 Å². The Hall–Kier alpha value is -2.30. The lowest BCUT2D eigenvalue weighted by molar-refractivity contribution is -0.157. The molecular formula is C15H17ClN4O6. The van der Waals surface area contributed by atoms with Gasteiger partial charge in [-0.15, -0.1) is 0 Å². The number of carbonyl (C=O) groups is 2. The van der Waals surface area contributed by atoms with Crippen molar-refractivity contribution in [1.29, 1.82) is 0 Å². The van der Waals surface area contributed by atoms with E-state index in [1.165, 1.54) is 33.6 Å². The van der Waals surface area contributed by atoms with Gasteiger partial charge >= 0.3 is 11.9 Å². The van der Waals surface area contributed by atoms with E-state index in [0.717, 1.165) is 0 Å². The molecule has 11 heteroatoms. The Balaban J connectivity index is 1.95. The molecule has 10 nitrogen and oxygen atoms in total. The number of hydrogen-bond donors (Lipinski definition) is 0. The number of fused-ring (bicyclic) bond motifs is 1. The summed E-state index contributed by atoms with van der Waals surface area (Å²) >= 11 is 6.03. The molecule has 1 aliphatic rings. The predicted molar refractivity (Wildman–Crippen MR) is 87.2 cm³/mol. The SMILES string of the molecule is COC1C(OC(C)=O)C(COC(C)=O)OC1n1cnc2c(Cl)ncnc21. The fraction of sp³-hybridized carbons (Fsp3) is 0.533. The normalized spacial score (nSPS) is 25.4. The van der Waals surface area contributed by atoms with Crippen LogP contribution >= 0.6 is 11.6 Å². The van der Waals surface area contributed by atoms with Gasteiger partial charge in [0.1, 0.15) is 30.7 Å². The zero-order chi connectivity index (χ0) is 18.8. The molecule has 3 rings (SSSR count). The molecule has 0 saturated carbocycles. The first-order valence-corrected chi connectivity index (χ1v) is 8.12. The Labute approximate surface area is 153 Å². The summed E-state index contributed by atoms with van der Waals surface area (Å²) in [4.78, 5) is 34.9. The molecule has 1 fully saturated rings. The maximum absolute atomic E-state index is 11.5. The van der Waals surface area contributed by atoms with E-state index in [9.17, 15) is 9.59 Å². The molecule has 3 heterocycles. The third-order valence-electron chi connectivity index (χ3n) is 3.90. The molecule has 26 heavy (non-hydrogen) atoms. The Morgan fingerprint density at radius 2 is 2.00 bits per heavy atom. The monoisotopic (exact) mass is 384 g/mol. The van der Waals surface area contributed by atoms with E-state index in [4.69, 9.17) is 30.5 Å². The van der Waals surface area contributed by atoms with Gasteiger partial charge in [-0.3, -0.25) is 14.2 Å². The highest BCUT2D eigenvalue weighted by atomic mass is 35.5. The van der Waals surface area contributed by atoms with Crippen LogP contribution in [0.5, 0.6) is 0 Å². The molecule has 0 aliphatic carbocycles. The highest BCUT2D eigenvalue weighted by Gasteiger charge is 2.49. The summed E-state index contributed by atoms with van der Waals surface area (Å²) in [6.45, 7) is 2.47. The van der Waals surface area contributed by atoms with E-state index in [-0.39, 0.29) is 11.8 Å². The fourth-order valence-electron chi connectivity index (χ4n) is 2.86. The van der Waals surface area contributed by atoms with Crippen molar-refractivity contribution in [1.82, 2.24) is 19.5 Å². The molecule has 1 aliphatic heterocycles. The van der Waals surface area contributed by atoms with Crippen LogP contribution in [0.1, 0.15) is 20.1 Å². The van der Waals surface area contributed by atoms with Gasteiger partial charge in [0.15, 0.2) is 23.1 Å². The smallest absolute Gasteiger partial charge is 0.303 e. The number of methoxy groups -OCH3 is 1. The highest BCUT2D eigenvalue weighted by molar-refractivity contribution is 6.33. The van der Waals surface area contributed by atoms with Gasteiger partial charge in [0.2, 0.25) is 0 Å². The second-order valence-electron chi connectivity index (χ2n) is 5.63. The van der Waals surface area contributed by atoms with E-state index in [2.05, 4.69) is 15.0 Å². The molecule has 0 aromatic carbocycles. The number of nitrogens with zero attached hydrogens (tertiary/aromatic N) is 4. The third kappa shape index (κ3) is 3.48. The summed E-state index contributed by atoms with van der Waals surface area (Å²) in [6.07, 6.45) is -0.101. The Bertz CT molecular complexity index is 828. The molecule has 0 N–H and O–H groups in total. The van der Waals surface area contributed by atoms with Crippen LogP contribution < -0.4 is 0 Å². The summed E-state index contributed by atoms with van der Waals surface area (Å²) in [5, 5.41) is 0.203. The van der Waals surface area contributed by atoms with Crippen LogP contribution in [0, 0.1) is 0 Å². The van der Waals surface area contributed by atoms with Crippen LogP contribution in [-0.2, 0) is 28.5 Å². The van der Waals surface area contributed by atoms with E-state index in [0.29, 0.717) is 11.2 Å². The van der Waals surface area contributed by atoms with E-state index < -0.39 is 36.5 Å². The number of halogens is 1. The minimum atomic E-state index is -0.781. The van der Waals surface area contributed by atoms with Crippen molar-refractivity contribution in [2.45, 2.75) is 38.4 Å². The summed E-state index contributed by atoms with van der Waals surface area (Å²) in [5.74, 6) is -0.977. The second-order valence-corrected chi connectivity index (χ2v) is 5.99. The van der Waals surface area contributed by atoms with Crippen molar-refractivity contribution in [2.75, 3.05) is 13.7 Å². The van der Waals surface area contributed by atoms with Crippen molar-refractivity contribution in [3.8, 4) is 0 Å². The summed E-state index contributed by atoms with van der Waals surface area (Å²) in [6, 6.07) is 0. The quantitative estimate of drug-likeness (QED) is 0.547. The van der Waals surface area contributed by atoms with Gasteiger partial charge in [0.25, 0.3) is 0 Å². The average molecular weight is 385 g/mol. The molecule has 4 unspecified atom stereocenters. The lowest BCUT2D eigenvalue weighted by Gasteiger charge is -2.22. The van der Waals surface area contributed by atoms with Crippen molar-refractivity contribution in [3.05, 3.63) is 17.8 Å². The van der Waals surface area contributed by atoms with E-state index in [1.807, 2.05) is 0 Å². The second kappa shape index (κ2) is 7.52. The van der Waals surface area contributed by atoms with E-state index >= 15 is 0 Å². The number of esters is 2. The third-order valence-corrected chi connectivity index (χ3v) is 4.18. The minimum Gasteiger partial charge on any atom is -0.463 e. The number of aromatic nitrogens is 4. The zero-order valence-corrected chi connectivity index (χ0v) is 15.0. The molecule has 0 bridgehead atoms. The molecule has 2 aromatic heterocycles. The summed E-state index contributed by atoms with van der Waals surface area (Å²) < 4.78 is 23.5. The molecule has 0 spiro atoms. The number of rotatable bonds is 5. The summed E-state index contributed by atoms with van der Waals surface area (Å²) in [7, 11) is 1.47. The Morgan fingerprint density at radius 3 is 2.65 bits per heavy atom. The highest BCUT2D eigenvalue weighted by Crippen LogP contribution is 2.35. The lowest BCUT2D eigenvalue weighted by Crippen LogP contribution is -2.39. The molecule has 2 aromatic rings. The lowest BCUT2D eigenvalue weighted by atomic mass is 10.1. The Morgan fingerprint density at radius 1 is 1.23 bits per heavy atom. The maximum atomic E-state index is 11.5. The van der Waals surface area contributed by atoms with Gasteiger partial charge in [-0.1, -0.05) is 11.6 Å². The number of ether oxygens (including phenoxy) is 4. The standard InChI is InChI=1S/C15H17ClN4O6/c1-7(21)24-4-9-11(25-8(2)22)12(23-3)15(26-9)20-6-19-10-13(16)17-5-18-14(10)20/h5-6,9,11-12,15H,4H2,1-3H3. The van der Waals surface area contributed by atoms with Crippen LogP contribution in [0.25, 0.3) is 11.2 Å². The van der Waals surface area contributed by atoms with E-state index in [1.54, 1.807) is 4.57 Å². The van der Waals surface area contributed by atoms with Gasteiger partial charge < -0.3 is 18.9 Å². The van der Waals surface area contributed by atoms with Crippen LogP contribution in [0.3, 0.4) is 0 Å². The molecule has 0 radical (unpaired) electrons. The predicted octanol–water partition coefficient (Wildman–Crippen LogP) is 0.887. The molecule has 4 atom stereocenters. The maximum Gasteiger partial charge on any atom is 0.303 e. The van der Waals surface area contributed by atoms with Crippen molar-refractivity contribution in [2.24, 2.45) is 0 Å². The van der Waals surface area contributed by atoms with Gasteiger partial charge in [-0.2, -0.15) is 0 Å². The first-order chi connectivity index (χ1) is 12.4. The molecule has 0 amide bonds. The van der Waals surface area contributed by atoms with Crippen LogP contribution in [0.2, 0.25) is 5.15 Å². The minimum absolute atomic E-state index is 0.0913. The number of carbonyl (C=O) groups excluding carboxylic acids is 2. The summed E-state index contributed by atoms with van der Waals surface area (Å²) in [5.41, 5.74) is 0.840. The molecular weight excluding hydrogens is 368 g/mol. The zero-order valence-electron chi connectivity index (χ0n) is 14.3. The number of imidazole rings is 1. The topological polar surface area (TPSA) is 115 Å². The van der Waals surface area contributed by atoms with Crippen LogP contribution in [-0.4, -0.2) is 63.5 Å². The first-order valence-electron chi connectivity index (χ1n) is 7.74. The van der Waals surface area contributed by atoms with Crippen molar-refractivity contribution >= 4 is 34.7 Å². The largest absolute Gasteiger partial charge is 0.463 e. The van der Waals surface area contributed by atoms with Gasteiger partial charge in [0.05, 0.1) is 6.33 Å². The first kappa shape index (κ1) is 18.5. The molecule has 1 saturated heterocycles.